The number of hydrogen-bond acceptors (Lipinski definition) is 0. The van der Waals surface area contributed by atoms with E-state index in [1.165, 1.54) is 295 Å². The Morgan fingerprint density at radius 2 is 0.368 bits per heavy atom. The van der Waals surface area contributed by atoms with Crippen LogP contribution in [-0.4, -0.2) is 15.2 Å². The Labute approximate surface area is 474 Å². The van der Waals surface area contributed by atoms with Crippen LogP contribution in [0.25, 0.3) is 0 Å². The molecule has 0 atom stereocenters. The predicted octanol–water partition coefficient (Wildman–Crippen LogP) is 21.5. The van der Waals surface area contributed by atoms with Gasteiger partial charge in [0.2, 0.25) is 0 Å². The molecule has 1 aliphatic heterocycles. The molecule has 0 amide bonds. The molecular formula is C74H120Si2. The summed E-state index contributed by atoms with van der Waals surface area (Å²) in [4.78, 5) is 0. The molecule has 1 aliphatic rings. The Balaban J connectivity index is 1.51. The topological polar surface area (TPSA) is 0 Å². The number of rotatable bonds is 48. The summed E-state index contributed by atoms with van der Waals surface area (Å²) in [6, 6.07) is 43.9. The van der Waals surface area contributed by atoms with Crippen LogP contribution in [0.3, 0.4) is 0 Å². The Hall–Kier alpha value is -2.69. The van der Waals surface area contributed by atoms with Gasteiger partial charge in [-0.15, -0.1) is 0 Å². The van der Waals surface area contributed by atoms with Crippen molar-refractivity contribution in [1.29, 1.82) is 0 Å². The second-order valence-electron chi connectivity index (χ2n) is 24.7. The van der Waals surface area contributed by atoms with Crippen molar-refractivity contribution in [2.24, 2.45) is 0 Å². The van der Waals surface area contributed by atoms with Crippen LogP contribution in [0.1, 0.15) is 307 Å². The first kappa shape index (κ1) is 64.1. The Morgan fingerprint density at radius 1 is 0.211 bits per heavy atom. The minimum Gasteiger partial charge on any atom is -0.0654 e. The van der Waals surface area contributed by atoms with Crippen LogP contribution in [0.2, 0.25) is 12.1 Å². The van der Waals surface area contributed by atoms with E-state index in [2.05, 4.69) is 125 Å². The number of unbranched alkanes of at least 4 members (excludes halogenated alkanes) is 36. The highest BCUT2D eigenvalue weighted by Gasteiger charge is 2.67. The number of aryl methyl sites for hydroxylation is 4. The number of benzene rings is 4. The van der Waals surface area contributed by atoms with Gasteiger partial charge < -0.3 is 0 Å². The predicted molar refractivity (Wildman–Crippen MR) is 348 cm³/mol. The molecule has 4 aromatic carbocycles. The van der Waals surface area contributed by atoms with E-state index < -0.39 is 15.2 Å². The van der Waals surface area contributed by atoms with E-state index in [0.29, 0.717) is 0 Å². The average Bonchev–Trinajstić information content (AvgIpc) is 3.18. The molecule has 76 heavy (non-hydrogen) atoms. The molecule has 0 aromatic heterocycles. The highest BCUT2D eigenvalue weighted by atomic mass is 29.3. The molecule has 0 aliphatic carbocycles. The minimum absolute atomic E-state index is 1.24. The Morgan fingerprint density at radius 3 is 0.539 bits per heavy atom. The molecular weight excluding hydrogens is 945 g/mol. The largest absolute Gasteiger partial charge is 0.121 e. The standard InChI is InChI=1S/C74H120Si2/c1-5-9-13-17-21-25-29-33-37-41-53-67-57-45-49-61-71(67)75(72-62-50-46-58-68(72)54-42-38-34-30-26-22-18-14-10-6-2)65-66-76(75,73-63-51-47-59-69(73)55-43-39-35-31-27-23-19-15-11-7-3)74-64-52-48-60-70(74)56-44-40-36-32-28-24-20-16-12-8-4/h45-52,57-64H,5-44,53-56,65-66H2,1-4H3. The minimum atomic E-state index is -2.42. The second kappa shape index (κ2) is 40.5. The van der Waals surface area contributed by atoms with Gasteiger partial charge in [-0.1, -0.05) is 389 Å². The van der Waals surface area contributed by atoms with Crippen molar-refractivity contribution in [2.75, 3.05) is 0 Å². The van der Waals surface area contributed by atoms with Crippen molar-refractivity contribution in [2.45, 2.75) is 322 Å². The van der Waals surface area contributed by atoms with Gasteiger partial charge in [0.15, 0.2) is 0 Å². The molecule has 0 bridgehead atoms. The third kappa shape index (κ3) is 21.1. The van der Waals surface area contributed by atoms with Crippen molar-refractivity contribution in [3.05, 3.63) is 119 Å². The lowest BCUT2D eigenvalue weighted by atomic mass is 10.0. The lowest BCUT2D eigenvalue weighted by Gasteiger charge is -2.60. The van der Waals surface area contributed by atoms with E-state index >= 15 is 0 Å². The van der Waals surface area contributed by atoms with Crippen LogP contribution in [0.5, 0.6) is 0 Å². The molecule has 5 rings (SSSR count). The first-order valence-corrected chi connectivity index (χ1v) is 39.4. The van der Waals surface area contributed by atoms with Gasteiger partial charge in [-0.05, 0) is 73.6 Å². The quantitative estimate of drug-likeness (QED) is 0.0305. The maximum absolute atomic E-state index is 2.74. The Kier molecular flexibility index (Phi) is 34.2. The molecule has 0 N–H and O–H groups in total. The smallest absolute Gasteiger partial charge is 0.0654 e. The zero-order valence-corrected chi connectivity index (χ0v) is 52.8. The maximum Gasteiger partial charge on any atom is 0.121 e. The lowest BCUT2D eigenvalue weighted by molar-refractivity contribution is 0.556. The van der Waals surface area contributed by atoms with E-state index in [4.69, 9.17) is 0 Å². The van der Waals surface area contributed by atoms with Crippen LogP contribution in [0, 0.1) is 0 Å². The summed E-state index contributed by atoms with van der Waals surface area (Å²) >= 11 is 0. The van der Waals surface area contributed by atoms with E-state index in [0.717, 1.165) is 0 Å². The maximum atomic E-state index is 2.74. The molecule has 0 nitrogen and oxygen atoms in total. The van der Waals surface area contributed by atoms with Crippen molar-refractivity contribution in [3.63, 3.8) is 0 Å². The molecule has 0 spiro atoms. The van der Waals surface area contributed by atoms with E-state index in [-0.39, 0.29) is 0 Å². The second-order valence-corrected chi connectivity index (χ2v) is 36.6. The highest BCUT2D eigenvalue weighted by Crippen LogP contribution is 2.43. The fraction of sp³-hybridized carbons (Fsp3) is 0.676. The van der Waals surface area contributed by atoms with Gasteiger partial charge in [0.25, 0.3) is 0 Å². The lowest BCUT2D eigenvalue weighted by Crippen LogP contribution is -2.92. The monoisotopic (exact) mass is 1060 g/mol. The molecule has 0 radical (unpaired) electrons. The van der Waals surface area contributed by atoms with Crippen LogP contribution in [-0.2, 0) is 25.7 Å². The zero-order chi connectivity index (χ0) is 53.5. The molecule has 0 unspecified atom stereocenters. The number of hydrogen-bond donors (Lipinski definition) is 0. The van der Waals surface area contributed by atoms with Gasteiger partial charge in [0.05, 0.1) is 0 Å². The van der Waals surface area contributed by atoms with Crippen molar-refractivity contribution in [3.8, 4) is 0 Å². The summed E-state index contributed by atoms with van der Waals surface area (Å²) in [6.07, 6.45) is 61.0. The van der Waals surface area contributed by atoms with Crippen LogP contribution in [0.4, 0.5) is 0 Å². The van der Waals surface area contributed by atoms with Crippen LogP contribution in [0.15, 0.2) is 97.1 Å². The van der Waals surface area contributed by atoms with E-state index in [1.807, 2.05) is 20.7 Å². The van der Waals surface area contributed by atoms with Gasteiger partial charge in [0.1, 0.15) is 15.2 Å². The molecule has 1 saturated heterocycles. The first-order valence-electron chi connectivity index (χ1n) is 34.0. The summed E-state index contributed by atoms with van der Waals surface area (Å²) in [5, 5.41) is 7.40. The fourth-order valence-corrected chi connectivity index (χ4v) is 35.7. The Bertz CT molecular complexity index is 1750. The van der Waals surface area contributed by atoms with Crippen molar-refractivity contribution in [1.82, 2.24) is 0 Å². The van der Waals surface area contributed by atoms with Gasteiger partial charge in [-0.3, -0.25) is 0 Å². The molecule has 1 heterocycles. The third-order valence-corrected chi connectivity index (χ3v) is 37.4. The van der Waals surface area contributed by atoms with E-state index in [9.17, 15) is 0 Å². The summed E-state index contributed by atoms with van der Waals surface area (Å²) in [5.74, 6) is 0. The van der Waals surface area contributed by atoms with Crippen molar-refractivity contribution >= 4 is 35.9 Å². The third-order valence-electron chi connectivity index (χ3n) is 18.7. The van der Waals surface area contributed by atoms with Gasteiger partial charge >= 0.3 is 0 Å². The SMILES string of the molecule is CCCCCCCCCCCCc1ccccc1[Si]1(c2ccccc2CCCCCCCCCCCC)CC[Si]1(c1ccccc1CCCCCCCCCCCC)c1ccccc1CCCCCCCCCCCC. The summed E-state index contributed by atoms with van der Waals surface area (Å²) < 4.78 is 0. The highest BCUT2D eigenvalue weighted by molar-refractivity contribution is 7.63. The molecule has 424 valence electrons. The molecule has 0 saturated carbocycles. The zero-order valence-electron chi connectivity index (χ0n) is 50.8. The van der Waals surface area contributed by atoms with Gasteiger partial charge in [0, 0.05) is 0 Å². The van der Waals surface area contributed by atoms with Crippen LogP contribution < -0.4 is 20.7 Å². The summed E-state index contributed by atoms with van der Waals surface area (Å²) in [5.41, 5.74) is 6.88. The normalized spacial score (nSPS) is 13.8. The molecule has 2 heteroatoms. The van der Waals surface area contributed by atoms with Crippen LogP contribution >= 0.6 is 0 Å². The molecule has 4 aromatic rings. The molecule has 1 fully saturated rings. The average molecular weight is 1070 g/mol. The summed E-state index contributed by atoms with van der Waals surface area (Å²) in [6.45, 7) is 9.35. The van der Waals surface area contributed by atoms with E-state index in [1.54, 1.807) is 22.3 Å². The van der Waals surface area contributed by atoms with Crippen molar-refractivity contribution < 1.29 is 0 Å². The van der Waals surface area contributed by atoms with Gasteiger partial charge in [-0.2, -0.15) is 0 Å². The first-order chi connectivity index (χ1) is 37.7. The summed E-state index contributed by atoms with van der Waals surface area (Å²) in [7, 11) is -4.84. The van der Waals surface area contributed by atoms with Gasteiger partial charge in [-0.25, -0.2) is 0 Å². The fourth-order valence-electron chi connectivity index (χ4n) is 14.2.